The first-order valence-electron chi connectivity index (χ1n) is 4.04. The molecule has 6 heteroatoms. The highest BCUT2D eigenvalue weighted by atomic mass is 35.5. The van der Waals surface area contributed by atoms with Gasteiger partial charge in [0, 0.05) is 11.8 Å². The lowest BCUT2D eigenvalue weighted by molar-refractivity contribution is 0.0682. The number of halogens is 3. The molecule has 0 saturated carbocycles. The van der Waals surface area contributed by atoms with Gasteiger partial charge in [-0.3, -0.25) is 4.98 Å². The molecule has 1 N–H and O–H groups in total. The number of hydrogen-bond donors (Lipinski definition) is 1. The van der Waals surface area contributed by atoms with Crippen molar-refractivity contribution >= 4 is 17.6 Å². The van der Waals surface area contributed by atoms with Gasteiger partial charge in [-0.15, -0.1) is 11.6 Å². The number of carboxylic acid groups (broad SMARTS) is 1. The number of aryl methyl sites for hydroxylation is 1. The summed E-state index contributed by atoms with van der Waals surface area (Å²) in [6, 6.07) is 0. The first-order valence-corrected chi connectivity index (χ1v) is 4.58. The van der Waals surface area contributed by atoms with Crippen LogP contribution in [-0.2, 0) is 5.88 Å². The van der Waals surface area contributed by atoms with E-state index >= 15 is 0 Å². The van der Waals surface area contributed by atoms with Gasteiger partial charge in [-0.25, -0.2) is 13.6 Å². The maximum atomic E-state index is 12.6. The number of carboxylic acids is 1. The standard InChI is InChI=1S/C9H8ClF2NO2/c1-4-3-13-5(2-10)7(9(14)15)6(4)8(11)12/h3,8H,2H2,1H3,(H,14,15). The number of rotatable bonds is 3. The van der Waals surface area contributed by atoms with Crippen LogP contribution in [0.1, 0.15) is 33.6 Å². The molecule has 3 nitrogen and oxygen atoms in total. The number of hydrogen-bond acceptors (Lipinski definition) is 2. The molecule has 15 heavy (non-hydrogen) atoms. The van der Waals surface area contributed by atoms with Gasteiger partial charge in [-0.2, -0.15) is 0 Å². The molecule has 0 aliphatic rings. The summed E-state index contributed by atoms with van der Waals surface area (Å²) in [6.45, 7) is 1.39. The summed E-state index contributed by atoms with van der Waals surface area (Å²) in [7, 11) is 0. The van der Waals surface area contributed by atoms with Gasteiger partial charge >= 0.3 is 5.97 Å². The lowest BCUT2D eigenvalue weighted by atomic mass is 10.0. The molecule has 1 heterocycles. The van der Waals surface area contributed by atoms with Crippen molar-refractivity contribution in [2.24, 2.45) is 0 Å². The van der Waals surface area contributed by atoms with Crippen LogP contribution < -0.4 is 0 Å². The minimum atomic E-state index is -2.85. The van der Waals surface area contributed by atoms with E-state index in [0.29, 0.717) is 0 Å². The van der Waals surface area contributed by atoms with E-state index in [-0.39, 0.29) is 17.1 Å². The van der Waals surface area contributed by atoms with Gasteiger partial charge in [0.2, 0.25) is 0 Å². The summed E-state index contributed by atoms with van der Waals surface area (Å²) >= 11 is 5.43. The molecule has 1 rings (SSSR count). The van der Waals surface area contributed by atoms with Crippen molar-refractivity contribution < 1.29 is 18.7 Å². The van der Waals surface area contributed by atoms with E-state index in [9.17, 15) is 13.6 Å². The molecule has 0 aromatic carbocycles. The second-order valence-electron chi connectivity index (χ2n) is 2.92. The van der Waals surface area contributed by atoms with E-state index in [2.05, 4.69) is 4.98 Å². The van der Waals surface area contributed by atoms with E-state index in [1.54, 1.807) is 0 Å². The van der Waals surface area contributed by atoms with Crippen molar-refractivity contribution in [1.82, 2.24) is 4.98 Å². The Labute approximate surface area is 89.7 Å². The van der Waals surface area contributed by atoms with Crippen molar-refractivity contribution in [3.63, 3.8) is 0 Å². The maximum Gasteiger partial charge on any atom is 0.338 e. The smallest absolute Gasteiger partial charge is 0.338 e. The summed E-state index contributed by atoms with van der Waals surface area (Å²) in [6.07, 6.45) is -1.65. The lowest BCUT2D eigenvalue weighted by Gasteiger charge is -2.11. The van der Waals surface area contributed by atoms with Crippen LogP contribution in [0.4, 0.5) is 8.78 Å². The third-order valence-corrected chi connectivity index (χ3v) is 2.21. The average molecular weight is 236 g/mol. The minimum absolute atomic E-state index is 0.0370. The van der Waals surface area contributed by atoms with Crippen molar-refractivity contribution in [2.75, 3.05) is 0 Å². The second kappa shape index (κ2) is 4.53. The molecule has 0 spiro atoms. The first kappa shape index (κ1) is 11.8. The molecule has 0 atom stereocenters. The maximum absolute atomic E-state index is 12.6. The highest BCUT2D eigenvalue weighted by Gasteiger charge is 2.24. The van der Waals surface area contributed by atoms with Crippen molar-refractivity contribution in [1.29, 1.82) is 0 Å². The zero-order valence-corrected chi connectivity index (χ0v) is 8.55. The van der Waals surface area contributed by atoms with Gasteiger partial charge in [0.05, 0.1) is 17.1 Å². The number of alkyl halides is 3. The fourth-order valence-electron chi connectivity index (χ4n) is 1.28. The third kappa shape index (κ3) is 2.23. The zero-order chi connectivity index (χ0) is 11.6. The van der Waals surface area contributed by atoms with Crippen LogP contribution in [0, 0.1) is 6.92 Å². The van der Waals surface area contributed by atoms with E-state index in [0.717, 1.165) is 0 Å². The monoisotopic (exact) mass is 235 g/mol. The van der Waals surface area contributed by atoms with E-state index in [1.807, 2.05) is 0 Å². The SMILES string of the molecule is Cc1cnc(CCl)c(C(=O)O)c1C(F)F. The number of aromatic carboxylic acids is 1. The predicted molar refractivity (Wildman–Crippen MR) is 50.4 cm³/mol. The van der Waals surface area contributed by atoms with Gasteiger partial charge in [0.25, 0.3) is 6.43 Å². The van der Waals surface area contributed by atoms with Crippen LogP contribution in [0.25, 0.3) is 0 Å². The zero-order valence-electron chi connectivity index (χ0n) is 7.80. The molecule has 1 aromatic heterocycles. The summed E-state index contributed by atoms with van der Waals surface area (Å²) < 4.78 is 25.3. The van der Waals surface area contributed by atoms with Crippen LogP contribution in [0.3, 0.4) is 0 Å². The summed E-state index contributed by atoms with van der Waals surface area (Å²) in [4.78, 5) is 14.5. The van der Waals surface area contributed by atoms with Gasteiger partial charge in [-0.1, -0.05) is 0 Å². The normalized spacial score (nSPS) is 10.7. The Hall–Kier alpha value is -1.23. The Morgan fingerprint density at radius 3 is 2.67 bits per heavy atom. The summed E-state index contributed by atoms with van der Waals surface area (Å²) in [5.41, 5.74) is -0.880. The molecular formula is C9H8ClF2NO2. The second-order valence-corrected chi connectivity index (χ2v) is 3.18. The quantitative estimate of drug-likeness (QED) is 0.820. The van der Waals surface area contributed by atoms with E-state index in [4.69, 9.17) is 16.7 Å². The van der Waals surface area contributed by atoms with Crippen LogP contribution in [0.5, 0.6) is 0 Å². The van der Waals surface area contributed by atoms with Gasteiger partial charge in [0.15, 0.2) is 0 Å². The molecule has 82 valence electrons. The van der Waals surface area contributed by atoms with Gasteiger partial charge in [-0.05, 0) is 12.5 Å². The fraction of sp³-hybridized carbons (Fsp3) is 0.333. The summed E-state index contributed by atoms with van der Waals surface area (Å²) in [5.74, 6) is -1.64. The summed E-state index contributed by atoms with van der Waals surface area (Å²) in [5, 5.41) is 8.82. The first-order chi connectivity index (χ1) is 6.99. The molecule has 0 aliphatic carbocycles. The Morgan fingerprint density at radius 2 is 2.27 bits per heavy atom. The van der Waals surface area contributed by atoms with E-state index in [1.165, 1.54) is 13.1 Å². The fourth-order valence-corrected chi connectivity index (χ4v) is 1.49. The van der Waals surface area contributed by atoms with Gasteiger partial charge < -0.3 is 5.11 Å². The molecule has 0 fully saturated rings. The van der Waals surface area contributed by atoms with Gasteiger partial charge in [0.1, 0.15) is 0 Å². The number of carbonyl (C=O) groups is 1. The number of pyridine rings is 1. The van der Waals surface area contributed by atoms with E-state index < -0.39 is 23.5 Å². The van der Waals surface area contributed by atoms with Crippen molar-refractivity contribution in [2.45, 2.75) is 19.2 Å². The molecular weight excluding hydrogens is 228 g/mol. The topological polar surface area (TPSA) is 50.2 Å². The van der Waals surface area contributed by atoms with Crippen molar-refractivity contribution in [3.05, 3.63) is 28.6 Å². The molecule has 0 amide bonds. The Morgan fingerprint density at radius 1 is 1.67 bits per heavy atom. The van der Waals surface area contributed by atoms with Crippen LogP contribution in [0.15, 0.2) is 6.20 Å². The van der Waals surface area contributed by atoms with Crippen molar-refractivity contribution in [3.8, 4) is 0 Å². The molecule has 1 aromatic rings. The molecule has 0 radical (unpaired) electrons. The molecule has 0 saturated heterocycles. The third-order valence-electron chi connectivity index (χ3n) is 1.96. The lowest BCUT2D eigenvalue weighted by Crippen LogP contribution is -2.10. The Kier molecular flexibility index (Phi) is 3.57. The molecule has 0 unspecified atom stereocenters. The number of aromatic nitrogens is 1. The average Bonchev–Trinajstić information content (AvgIpc) is 2.16. The largest absolute Gasteiger partial charge is 0.478 e. The molecule has 0 bridgehead atoms. The highest BCUT2D eigenvalue weighted by molar-refractivity contribution is 6.17. The number of nitrogens with zero attached hydrogens (tertiary/aromatic N) is 1. The highest BCUT2D eigenvalue weighted by Crippen LogP contribution is 2.28. The minimum Gasteiger partial charge on any atom is -0.478 e. The Balaban J connectivity index is 3.51. The Bertz CT molecular complexity index is 396. The van der Waals surface area contributed by atoms with Crippen LogP contribution in [-0.4, -0.2) is 16.1 Å². The van der Waals surface area contributed by atoms with Crippen LogP contribution >= 0.6 is 11.6 Å². The predicted octanol–water partition coefficient (Wildman–Crippen LogP) is 2.76. The van der Waals surface area contributed by atoms with Crippen LogP contribution in [0.2, 0.25) is 0 Å². The molecule has 0 aliphatic heterocycles.